The summed E-state index contributed by atoms with van der Waals surface area (Å²) in [6.07, 6.45) is 5.56. The molecular weight excluding hydrogens is 202 g/mol. The molecule has 0 bridgehead atoms. The largest absolute Gasteiger partial charge is 0.380 e. The number of hydrogen-bond donors (Lipinski definition) is 1. The van der Waals surface area contributed by atoms with Gasteiger partial charge in [-0.15, -0.1) is 0 Å². The highest BCUT2D eigenvalue weighted by Gasteiger charge is 2.20. The molecule has 1 aliphatic rings. The van der Waals surface area contributed by atoms with E-state index in [0.29, 0.717) is 6.10 Å². The number of hydrogen-bond acceptors (Lipinski definition) is 3. The molecule has 3 nitrogen and oxygen atoms in total. The van der Waals surface area contributed by atoms with Crippen molar-refractivity contribution in [1.29, 1.82) is 0 Å². The van der Waals surface area contributed by atoms with E-state index in [-0.39, 0.29) is 0 Å². The van der Waals surface area contributed by atoms with Crippen molar-refractivity contribution in [3.05, 3.63) is 0 Å². The van der Waals surface area contributed by atoms with E-state index in [2.05, 4.69) is 19.2 Å². The van der Waals surface area contributed by atoms with Crippen molar-refractivity contribution < 1.29 is 9.47 Å². The minimum absolute atomic E-state index is 0.353. The first-order valence-electron chi connectivity index (χ1n) is 6.69. The lowest BCUT2D eigenvalue weighted by Crippen LogP contribution is -2.22. The lowest BCUT2D eigenvalue weighted by molar-refractivity contribution is 0.0763. The van der Waals surface area contributed by atoms with Crippen LogP contribution < -0.4 is 5.32 Å². The Balaban J connectivity index is 1.64. The lowest BCUT2D eigenvalue weighted by Gasteiger charge is -2.08. The second-order valence-corrected chi connectivity index (χ2v) is 4.87. The molecule has 0 aromatic carbocycles. The Morgan fingerprint density at radius 1 is 1.12 bits per heavy atom. The zero-order valence-corrected chi connectivity index (χ0v) is 10.8. The summed E-state index contributed by atoms with van der Waals surface area (Å²) >= 11 is 0. The SMILES string of the molecule is CC(C)OCCCNCCOCCC1CC1. The highest BCUT2D eigenvalue weighted by Crippen LogP contribution is 2.31. The average molecular weight is 229 g/mol. The summed E-state index contributed by atoms with van der Waals surface area (Å²) in [5, 5.41) is 3.36. The van der Waals surface area contributed by atoms with Crippen LogP contribution in [-0.2, 0) is 9.47 Å². The van der Waals surface area contributed by atoms with Gasteiger partial charge in [0.2, 0.25) is 0 Å². The Morgan fingerprint density at radius 2 is 1.94 bits per heavy atom. The molecule has 0 radical (unpaired) electrons. The van der Waals surface area contributed by atoms with E-state index in [4.69, 9.17) is 9.47 Å². The summed E-state index contributed by atoms with van der Waals surface area (Å²) in [7, 11) is 0. The minimum Gasteiger partial charge on any atom is -0.380 e. The predicted molar refractivity (Wildman–Crippen MR) is 66.7 cm³/mol. The van der Waals surface area contributed by atoms with Crippen LogP contribution in [0.15, 0.2) is 0 Å². The van der Waals surface area contributed by atoms with Gasteiger partial charge in [0, 0.05) is 19.8 Å². The average Bonchev–Trinajstić information content (AvgIpc) is 3.04. The van der Waals surface area contributed by atoms with Crippen LogP contribution in [0, 0.1) is 5.92 Å². The van der Waals surface area contributed by atoms with Crippen LogP contribution in [0.25, 0.3) is 0 Å². The van der Waals surface area contributed by atoms with Crippen molar-refractivity contribution in [3.8, 4) is 0 Å². The van der Waals surface area contributed by atoms with Crippen molar-refractivity contribution in [1.82, 2.24) is 5.32 Å². The van der Waals surface area contributed by atoms with Gasteiger partial charge >= 0.3 is 0 Å². The monoisotopic (exact) mass is 229 g/mol. The Morgan fingerprint density at radius 3 is 2.62 bits per heavy atom. The summed E-state index contributed by atoms with van der Waals surface area (Å²) in [5.74, 6) is 0.987. The molecule has 1 saturated carbocycles. The van der Waals surface area contributed by atoms with Gasteiger partial charge in [0.15, 0.2) is 0 Å². The van der Waals surface area contributed by atoms with Gasteiger partial charge in [0.05, 0.1) is 12.7 Å². The van der Waals surface area contributed by atoms with Crippen molar-refractivity contribution in [2.75, 3.05) is 32.9 Å². The maximum Gasteiger partial charge on any atom is 0.0590 e. The highest BCUT2D eigenvalue weighted by atomic mass is 16.5. The summed E-state index contributed by atoms with van der Waals surface area (Å²) in [5.41, 5.74) is 0. The molecule has 0 aliphatic heterocycles. The first kappa shape index (κ1) is 13.9. The maximum absolute atomic E-state index is 5.54. The van der Waals surface area contributed by atoms with E-state index in [1.165, 1.54) is 19.3 Å². The molecular formula is C13H27NO2. The van der Waals surface area contributed by atoms with E-state index in [1.54, 1.807) is 0 Å². The van der Waals surface area contributed by atoms with Crippen LogP contribution in [-0.4, -0.2) is 39.0 Å². The molecule has 0 amide bonds. The highest BCUT2D eigenvalue weighted by molar-refractivity contribution is 4.72. The molecule has 1 N–H and O–H groups in total. The van der Waals surface area contributed by atoms with Crippen LogP contribution in [0.5, 0.6) is 0 Å². The van der Waals surface area contributed by atoms with Gasteiger partial charge in [-0.2, -0.15) is 0 Å². The van der Waals surface area contributed by atoms with Crippen LogP contribution in [0.1, 0.15) is 39.5 Å². The molecule has 0 saturated heterocycles. The summed E-state index contributed by atoms with van der Waals surface area (Å²) < 4.78 is 11.0. The molecule has 0 unspecified atom stereocenters. The van der Waals surface area contributed by atoms with Gasteiger partial charge in [-0.3, -0.25) is 0 Å². The maximum atomic E-state index is 5.54. The molecule has 0 heterocycles. The standard InChI is InChI=1S/C13H27NO2/c1-12(2)16-9-3-7-14-8-11-15-10-6-13-4-5-13/h12-14H,3-11H2,1-2H3. The normalized spacial score (nSPS) is 15.9. The number of ether oxygens (including phenoxy) is 2. The van der Waals surface area contributed by atoms with Crippen molar-refractivity contribution in [2.24, 2.45) is 5.92 Å². The molecule has 1 aliphatic carbocycles. The van der Waals surface area contributed by atoms with Gasteiger partial charge in [-0.25, -0.2) is 0 Å². The third-order valence-corrected chi connectivity index (χ3v) is 2.74. The summed E-state index contributed by atoms with van der Waals surface area (Å²) in [4.78, 5) is 0. The number of rotatable bonds is 11. The van der Waals surface area contributed by atoms with Crippen LogP contribution in [0.4, 0.5) is 0 Å². The number of nitrogens with one attached hydrogen (secondary N) is 1. The molecule has 0 atom stereocenters. The fraction of sp³-hybridized carbons (Fsp3) is 1.00. The van der Waals surface area contributed by atoms with Crippen molar-refractivity contribution in [2.45, 2.75) is 45.6 Å². The Kier molecular flexibility index (Phi) is 7.81. The quantitative estimate of drug-likeness (QED) is 0.551. The third kappa shape index (κ3) is 9.13. The van der Waals surface area contributed by atoms with Gasteiger partial charge in [-0.05, 0) is 39.2 Å². The van der Waals surface area contributed by atoms with Gasteiger partial charge in [0.1, 0.15) is 0 Å². The molecule has 3 heteroatoms. The molecule has 0 spiro atoms. The van der Waals surface area contributed by atoms with Crippen LogP contribution in [0.3, 0.4) is 0 Å². The zero-order valence-electron chi connectivity index (χ0n) is 10.8. The fourth-order valence-corrected chi connectivity index (χ4v) is 1.54. The topological polar surface area (TPSA) is 30.5 Å². The predicted octanol–water partition coefficient (Wildman–Crippen LogP) is 2.21. The minimum atomic E-state index is 0.353. The first-order chi connectivity index (χ1) is 7.79. The molecule has 1 fully saturated rings. The van der Waals surface area contributed by atoms with E-state index in [9.17, 15) is 0 Å². The van der Waals surface area contributed by atoms with E-state index < -0.39 is 0 Å². The van der Waals surface area contributed by atoms with Gasteiger partial charge in [0.25, 0.3) is 0 Å². The first-order valence-corrected chi connectivity index (χ1v) is 6.69. The Bertz CT molecular complexity index is 148. The van der Waals surface area contributed by atoms with Crippen LogP contribution in [0.2, 0.25) is 0 Å². The van der Waals surface area contributed by atoms with E-state index >= 15 is 0 Å². The molecule has 0 aromatic heterocycles. The van der Waals surface area contributed by atoms with Gasteiger partial charge < -0.3 is 14.8 Å². The summed E-state index contributed by atoms with van der Waals surface area (Å²) in [6, 6.07) is 0. The Labute approximate surface area is 99.9 Å². The van der Waals surface area contributed by atoms with Crippen molar-refractivity contribution >= 4 is 0 Å². The molecule has 96 valence electrons. The van der Waals surface area contributed by atoms with Crippen molar-refractivity contribution in [3.63, 3.8) is 0 Å². The summed E-state index contributed by atoms with van der Waals surface area (Å²) in [6.45, 7) is 8.78. The molecule has 16 heavy (non-hydrogen) atoms. The lowest BCUT2D eigenvalue weighted by atomic mass is 10.3. The molecule has 1 rings (SSSR count). The third-order valence-electron chi connectivity index (χ3n) is 2.74. The van der Waals surface area contributed by atoms with E-state index in [1.807, 2.05) is 0 Å². The fourth-order valence-electron chi connectivity index (χ4n) is 1.54. The Hall–Kier alpha value is -0.120. The second kappa shape index (κ2) is 8.97. The zero-order chi connectivity index (χ0) is 11.6. The van der Waals surface area contributed by atoms with Crippen LogP contribution >= 0.6 is 0 Å². The second-order valence-electron chi connectivity index (χ2n) is 4.87. The smallest absolute Gasteiger partial charge is 0.0590 e. The van der Waals surface area contributed by atoms with E-state index in [0.717, 1.165) is 45.2 Å². The van der Waals surface area contributed by atoms with Gasteiger partial charge in [-0.1, -0.05) is 12.8 Å². The molecule has 0 aromatic rings.